The Bertz CT molecular complexity index is 445. The van der Waals surface area contributed by atoms with E-state index < -0.39 is 0 Å². The molecule has 4 nitrogen and oxygen atoms in total. The van der Waals surface area contributed by atoms with E-state index in [1.165, 1.54) is 25.7 Å². The van der Waals surface area contributed by atoms with Crippen molar-refractivity contribution in [2.75, 3.05) is 24.3 Å². The van der Waals surface area contributed by atoms with E-state index in [1.807, 2.05) is 0 Å². The number of halogens is 1. The zero-order valence-corrected chi connectivity index (χ0v) is 12.4. The maximum atomic E-state index is 11.7. The first-order valence-corrected chi connectivity index (χ1v) is 7.37. The molecular formula is C14H19BrN2O2. The van der Waals surface area contributed by atoms with Crippen molar-refractivity contribution >= 4 is 33.2 Å². The molecule has 0 saturated heterocycles. The van der Waals surface area contributed by atoms with E-state index >= 15 is 0 Å². The summed E-state index contributed by atoms with van der Waals surface area (Å²) in [5.74, 6) is 0.500. The molecule has 0 aromatic heterocycles. The van der Waals surface area contributed by atoms with E-state index in [1.54, 1.807) is 18.2 Å². The predicted molar refractivity (Wildman–Crippen MR) is 80.0 cm³/mol. The number of rotatable bonds is 5. The summed E-state index contributed by atoms with van der Waals surface area (Å²) in [6, 6.07) is 5.28. The van der Waals surface area contributed by atoms with Crippen LogP contribution >= 0.6 is 15.9 Å². The number of hydrogen-bond acceptors (Lipinski definition) is 3. The average Bonchev–Trinajstić information content (AvgIpc) is 2.86. The van der Waals surface area contributed by atoms with Crippen molar-refractivity contribution in [2.24, 2.45) is 5.92 Å². The summed E-state index contributed by atoms with van der Waals surface area (Å²) in [6.07, 6.45) is 5.04. The molecule has 1 aromatic carbocycles. The first-order valence-electron chi connectivity index (χ1n) is 6.58. The first-order chi connectivity index (χ1) is 9.15. The molecule has 1 aromatic rings. The van der Waals surface area contributed by atoms with Crippen molar-refractivity contribution in [3.63, 3.8) is 0 Å². The van der Waals surface area contributed by atoms with Crippen molar-refractivity contribution in [1.29, 1.82) is 0 Å². The molecule has 19 heavy (non-hydrogen) atoms. The predicted octanol–water partition coefficient (Wildman–Crippen LogP) is 3.18. The molecule has 0 aliphatic heterocycles. The Kier molecular flexibility index (Phi) is 5.22. The summed E-state index contributed by atoms with van der Waals surface area (Å²) in [7, 11) is 0. The van der Waals surface area contributed by atoms with Gasteiger partial charge in [-0.3, -0.25) is 4.79 Å². The lowest BCUT2D eigenvalue weighted by Gasteiger charge is -2.11. The smallest absolute Gasteiger partial charge is 0.250 e. The van der Waals surface area contributed by atoms with Crippen LogP contribution < -0.4 is 11.1 Å². The van der Waals surface area contributed by atoms with Crippen LogP contribution in [0.2, 0.25) is 0 Å². The minimum atomic E-state index is -0.136. The van der Waals surface area contributed by atoms with Gasteiger partial charge in [0.15, 0.2) is 0 Å². The third-order valence-corrected chi connectivity index (χ3v) is 3.98. The molecule has 0 spiro atoms. The van der Waals surface area contributed by atoms with Gasteiger partial charge in [-0.15, -0.1) is 0 Å². The second kappa shape index (κ2) is 6.91. The lowest BCUT2D eigenvalue weighted by molar-refractivity contribution is -0.121. The van der Waals surface area contributed by atoms with E-state index in [-0.39, 0.29) is 12.5 Å². The Morgan fingerprint density at radius 3 is 2.84 bits per heavy atom. The summed E-state index contributed by atoms with van der Waals surface area (Å²) >= 11 is 3.36. The van der Waals surface area contributed by atoms with E-state index in [0.717, 1.165) is 4.47 Å². The maximum absolute atomic E-state index is 11.7. The molecule has 2 rings (SSSR count). The first kappa shape index (κ1) is 14.3. The maximum Gasteiger partial charge on any atom is 0.250 e. The molecule has 0 radical (unpaired) electrons. The molecule has 104 valence electrons. The fourth-order valence-corrected chi connectivity index (χ4v) is 2.81. The van der Waals surface area contributed by atoms with Crippen molar-refractivity contribution in [1.82, 2.24) is 0 Å². The normalized spacial score (nSPS) is 15.6. The van der Waals surface area contributed by atoms with Gasteiger partial charge >= 0.3 is 0 Å². The van der Waals surface area contributed by atoms with E-state index in [0.29, 0.717) is 23.9 Å². The molecule has 0 atom stereocenters. The zero-order valence-electron chi connectivity index (χ0n) is 10.8. The standard InChI is InChI=1S/C14H19BrN2O2/c15-12-7-11(16)5-6-13(12)17-14(18)9-19-8-10-3-1-2-4-10/h5-7,10H,1-4,8-9,16H2,(H,17,18). The molecular weight excluding hydrogens is 308 g/mol. The van der Waals surface area contributed by atoms with Crippen LogP contribution in [0.5, 0.6) is 0 Å². The summed E-state index contributed by atoms with van der Waals surface area (Å²) < 4.78 is 6.24. The third kappa shape index (κ3) is 4.51. The van der Waals surface area contributed by atoms with Gasteiger partial charge in [-0.2, -0.15) is 0 Å². The largest absolute Gasteiger partial charge is 0.399 e. The zero-order chi connectivity index (χ0) is 13.7. The number of nitrogens with one attached hydrogen (secondary N) is 1. The molecule has 0 bridgehead atoms. The molecule has 1 saturated carbocycles. The van der Waals surface area contributed by atoms with Crippen LogP contribution in [0.4, 0.5) is 11.4 Å². The number of ether oxygens (including phenoxy) is 1. The van der Waals surface area contributed by atoms with E-state index in [9.17, 15) is 4.79 Å². The number of hydrogen-bond donors (Lipinski definition) is 2. The Morgan fingerprint density at radius 1 is 1.42 bits per heavy atom. The average molecular weight is 327 g/mol. The van der Waals surface area contributed by atoms with Crippen molar-refractivity contribution in [2.45, 2.75) is 25.7 Å². The molecule has 0 unspecified atom stereocenters. The third-order valence-electron chi connectivity index (χ3n) is 3.33. The fourth-order valence-electron chi connectivity index (χ4n) is 2.31. The van der Waals surface area contributed by atoms with Gasteiger partial charge in [0.05, 0.1) is 12.3 Å². The SMILES string of the molecule is Nc1ccc(NC(=O)COCC2CCCC2)c(Br)c1. The highest BCUT2D eigenvalue weighted by Gasteiger charge is 2.15. The minimum Gasteiger partial charge on any atom is -0.399 e. The van der Waals surface area contributed by atoms with Crippen LogP contribution in [0.25, 0.3) is 0 Å². The van der Waals surface area contributed by atoms with Crippen molar-refractivity contribution < 1.29 is 9.53 Å². The van der Waals surface area contributed by atoms with Gasteiger partial charge in [0, 0.05) is 10.2 Å². The number of benzene rings is 1. The molecule has 1 aliphatic carbocycles. The van der Waals surface area contributed by atoms with Gasteiger partial charge in [0.2, 0.25) is 5.91 Å². The second-order valence-corrected chi connectivity index (χ2v) is 5.81. The van der Waals surface area contributed by atoms with Crippen LogP contribution in [-0.4, -0.2) is 19.1 Å². The number of nitrogen functional groups attached to an aromatic ring is 1. The van der Waals surface area contributed by atoms with Crippen LogP contribution in [0.3, 0.4) is 0 Å². The van der Waals surface area contributed by atoms with Gasteiger partial charge in [-0.1, -0.05) is 12.8 Å². The Hall–Kier alpha value is -1.07. The van der Waals surface area contributed by atoms with Gasteiger partial charge in [0.1, 0.15) is 6.61 Å². The Morgan fingerprint density at radius 2 is 2.16 bits per heavy atom. The Labute approximate surface area is 121 Å². The highest BCUT2D eigenvalue weighted by Crippen LogP contribution is 2.25. The van der Waals surface area contributed by atoms with Crippen LogP contribution in [0.1, 0.15) is 25.7 Å². The van der Waals surface area contributed by atoms with E-state index in [2.05, 4.69) is 21.2 Å². The number of nitrogens with two attached hydrogens (primary N) is 1. The number of carbonyl (C=O) groups is 1. The van der Waals surface area contributed by atoms with Crippen LogP contribution in [0.15, 0.2) is 22.7 Å². The van der Waals surface area contributed by atoms with Gasteiger partial charge < -0.3 is 15.8 Å². The summed E-state index contributed by atoms with van der Waals surface area (Å²) in [6.45, 7) is 0.795. The lowest BCUT2D eigenvalue weighted by atomic mass is 10.1. The van der Waals surface area contributed by atoms with E-state index in [4.69, 9.17) is 10.5 Å². The highest BCUT2D eigenvalue weighted by molar-refractivity contribution is 9.10. The molecule has 1 amide bonds. The Balaban J connectivity index is 1.74. The van der Waals surface area contributed by atoms with Gasteiger partial charge in [-0.25, -0.2) is 0 Å². The van der Waals surface area contributed by atoms with Crippen molar-refractivity contribution in [3.05, 3.63) is 22.7 Å². The topological polar surface area (TPSA) is 64.3 Å². The highest BCUT2D eigenvalue weighted by atomic mass is 79.9. The summed E-state index contributed by atoms with van der Waals surface area (Å²) in [5.41, 5.74) is 7.01. The van der Waals surface area contributed by atoms with Gasteiger partial charge in [-0.05, 0) is 52.9 Å². The molecule has 1 fully saturated rings. The molecule has 0 heterocycles. The second-order valence-electron chi connectivity index (χ2n) is 4.95. The molecule has 5 heteroatoms. The minimum absolute atomic E-state index is 0.104. The van der Waals surface area contributed by atoms with Gasteiger partial charge in [0.25, 0.3) is 0 Å². The number of anilines is 2. The fraction of sp³-hybridized carbons (Fsp3) is 0.500. The number of amides is 1. The lowest BCUT2D eigenvalue weighted by Crippen LogP contribution is -2.20. The summed E-state index contributed by atoms with van der Waals surface area (Å²) in [5, 5.41) is 2.80. The molecule has 1 aliphatic rings. The number of carbonyl (C=O) groups excluding carboxylic acids is 1. The van der Waals surface area contributed by atoms with Crippen LogP contribution in [-0.2, 0) is 9.53 Å². The molecule has 3 N–H and O–H groups in total. The quantitative estimate of drug-likeness (QED) is 0.817. The van der Waals surface area contributed by atoms with Crippen LogP contribution in [0, 0.1) is 5.92 Å². The van der Waals surface area contributed by atoms with Crippen molar-refractivity contribution in [3.8, 4) is 0 Å². The summed E-state index contributed by atoms with van der Waals surface area (Å²) in [4.78, 5) is 11.7. The monoisotopic (exact) mass is 326 g/mol.